The number of methoxy groups -OCH3 is 1. The van der Waals surface area contributed by atoms with Crippen molar-refractivity contribution in [2.75, 3.05) is 12.0 Å². The van der Waals surface area contributed by atoms with Crippen molar-refractivity contribution in [3.63, 3.8) is 0 Å². The number of furan rings is 1. The van der Waals surface area contributed by atoms with Crippen molar-refractivity contribution in [1.29, 1.82) is 0 Å². The van der Waals surface area contributed by atoms with E-state index < -0.39 is 0 Å². The van der Waals surface area contributed by atoms with E-state index in [4.69, 9.17) is 33.0 Å². The summed E-state index contributed by atoms with van der Waals surface area (Å²) in [7, 11) is 1.65. The van der Waals surface area contributed by atoms with Gasteiger partial charge >= 0.3 is 0 Å². The quantitative estimate of drug-likeness (QED) is 0.333. The van der Waals surface area contributed by atoms with Crippen molar-refractivity contribution in [3.8, 4) is 17.1 Å². The van der Waals surface area contributed by atoms with Crippen LogP contribution in [0.2, 0.25) is 5.02 Å². The lowest BCUT2D eigenvalue weighted by atomic mass is 10.0. The lowest BCUT2D eigenvalue weighted by Gasteiger charge is -2.26. The highest BCUT2D eigenvalue weighted by Crippen LogP contribution is 2.43. The summed E-state index contributed by atoms with van der Waals surface area (Å²) in [6.45, 7) is 1.98. The predicted octanol–water partition coefficient (Wildman–Crippen LogP) is 6.49. The lowest BCUT2D eigenvalue weighted by Crippen LogP contribution is -2.29. The molecule has 7 heteroatoms. The maximum absolute atomic E-state index is 6.40. The van der Waals surface area contributed by atoms with E-state index in [1.807, 2.05) is 79.7 Å². The van der Waals surface area contributed by atoms with Gasteiger partial charge < -0.3 is 19.4 Å². The molecule has 4 aromatic rings. The Morgan fingerprint density at radius 2 is 1.94 bits per heavy atom. The molecule has 0 spiro atoms. The number of halogens is 1. The van der Waals surface area contributed by atoms with Crippen LogP contribution in [0.4, 0.5) is 5.69 Å². The summed E-state index contributed by atoms with van der Waals surface area (Å²) >= 11 is 12.1. The molecule has 3 heterocycles. The van der Waals surface area contributed by atoms with Gasteiger partial charge in [-0.1, -0.05) is 35.9 Å². The lowest BCUT2D eigenvalue weighted by molar-refractivity contribution is 0.414. The Labute approximate surface area is 203 Å². The molecule has 1 fully saturated rings. The Morgan fingerprint density at radius 1 is 1.06 bits per heavy atom. The third-order valence-electron chi connectivity index (χ3n) is 5.80. The molecule has 1 aliphatic rings. The monoisotopic (exact) mass is 475 g/mol. The minimum atomic E-state index is -0.242. The zero-order valence-electron chi connectivity index (χ0n) is 18.2. The molecule has 0 bridgehead atoms. The van der Waals surface area contributed by atoms with Crippen LogP contribution < -0.4 is 15.0 Å². The standard InChI is InChI=1S/C26H22ClN3O2S/c1-16-9-10-17(14-20(16)27)22-11-12-23(32-22)25-24(21-8-3-4-13-28-21)29-26(33)30(25)18-6-5-7-19(15-18)31-2/h3-15,24-25H,1-2H3,(H,29,33)/t24-,25-/m1/s1. The SMILES string of the molecule is COc1cccc(N2C(=S)N[C@H](c3ccccn3)[C@H]2c2ccc(-c3ccc(C)c(Cl)c3)o2)c1. The number of hydrogen-bond acceptors (Lipinski definition) is 4. The Kier molecular flexibility index (Phi) is 5.79. The van der Waals surface area contributed by atoms with Gasteiger partial charge in [-0.25, -0.2) is 0 Å². The van der Waals surface area contributed by atoms with Crippen LogP contribution >= 0.6 is 23.8 Å². The molecule has 0 amide bonds. The summed E-state index contributed by atoms with van der Waals surface area (Å²) in [5.41, 5.74) is 3.74. The molecule has 2 atom stereocenters. The van der Waals surface area contributed by atoms with Crippen molar-refractivity contribution in [1.82, 2.24) is 10.3 Å². The fourth-order valence-electron chi connectivity index (χ4n) is 4.10. The van der Waals surface area contributed by atoms with E-state index in [1.54, 1.807) is 13.3 Å². The van der Waals surface area contributed by atoms with Crippen LogP contribution in [0.25, 0.3) is 11.3 Å². The smallest absolute Gasteiger partial charge is 0.174 e. The van der Waals surface area contributed by atoms with E-state index in [9.17, 15) is 0 Å². The molecule has 33 heavy (non-hydrogen) atoms. The summed E-state index contributed by atoms with van der Waals surface area (Å²) in [4.78, 5) is 6.64. The first-order valence-corrected chi connectivity index (χ1v) is 11.3. The average molecular weight is 476 g/mol. The van der Waals surface area contributed by atoms with Gasteiger partial charge in [-0.05, 0) is 67.2 Å². The number of rotatable bonds is 5. The Bertz CT molecular complexity index is 1310. The average Bonchev–Trinajstić information content (AvgIpc) is 3.46. The Morgan fingerprint density at radius 3 is 2.70 bits per heavy atom. The van der Waals surface area contributed by atoms with Gasteiger partial charge in [0.1, 0.15) is 23.3 Å². The van der Waals surface area contributed by atoms with E-state index in [0.29, 0.717) is 10.1 Å². The van der Waals surface area contributed by atoms with Crippen LogP contribution in [0, 0.1) is 6.92 Å². The number of benzene rings is 2. The molecule has 0 aliphatic carbocycles. The van der Waals surface area contributed by atoms with Crippen LogP contribution in [0.3, 0.4) is 0 Å². The van der Waals surface area contributed by atoms with E-state index in [-0.39, 0.29) is 12.1 Å². The summed E-state index contributed by atoms with van der Waals surface area (Å²) < 4.78 is 11.8. The number of nitrogens with zero attached hydrogens (tertiary/aromatic N) is 2. The second-order valence-corrected chi connectivity index (χ2v) is 8.66. The Hall–Kier alpha value is -3.35. The zero-order valence-corrected chi connectivity index (χ0v) is 19.7. The van der Waals surface area contributed by atoms with Crippen molar-refractivity contribution in [2.45, 2.75) is 19.0 Å². The van der Waals surface area contributed by atoms with E-state index in [1.165, 1.54) is 0 Å². The van der Waals surface area contributed by atoms with Crippen LogP contribution in [0.5, 0.6) is 5.75 Å². The number of aryl methyl sites for hydroxylation is 1. The van der Waals surface area contributed by atoms with Crippen molar-refractivity contribution in [2.24, 2.45) is 0 Å². The number of thiocarbonyl (C=S) groups is 1. The molecule has 0 radical (unpaired) electrons. The van der Waals surface area contributed by atoms with E-state index >= 15 is 0 Å². The number of aromatic nitrogens is 1. The highest BCUT2D eigenvalue weighted by molar-refractivity contribution is 7.80. The number of anilines is 1. The molecule has 2 aromatic heterocycles. The molecular formula is C26H22ClN3O2S. The number of ether oxygens (including phenoxy) is 1. The topological polar surface area (TPSA) is 50.5 Å². The maximum Gasteiger partial charge on any atom is 0.174 e. The summed E-state index contributed by atoms with van der Waals surface area (Å²) in [6, 6.07) is 23.2. The second-order valence-electron chi connectivity index (χ2n) is 7.86. The molecule has 1 saturated heterocycles. The molecule has 5 nitrogen and oxygen atoms in total. The first-order valence-electron chi connectivity index (χ1n) is 10.6. The maximum atomic E-state index is 6.40. The van der Waals surface area contributed by atoms with Gasteiger partial charge in [0.2, 0.25) is 0 Å². The van der Waals surface area contributed by atoms with Gasteiger partial charge in [0, 0.05) is 28.5 Å². The molecule has 1 N–H and O–H groups in total. The molecule has 1 aliphatic heterocycles. The third-order valence-corrected chi connectivity index (χ3v) is 6.53. The molecule has 5 rings (SSSR count). The van der Waals surface area contributed by atoms with Crippen LogP contribution in [-0.2, 0) is 0 Å². The minimum Gasteiger partial charge on any atom is -0.497 e. The van der Waals surface area contributed by atoms with Crippen molar-refractivity contribution in [3.05, 3.63) is 101 Å². The van der Waals surface area contributed by atoms with Crippen molar-refractivity contribution >= 4 is 34.6 Å². The van der Waals surface area contributed by atoms with E-state index in [2.05, 4.69) is 15.2 Å². The van der Waals surface area contributed by atoms with Gasteiger partial charge in [-0.15, -0.1) is 0 Å². The van der Waals surface area contributed by atoms with Gasteiger partial charge in [-0.2, -0.15) is 0 Å². The second kappa shape index (κ2) is 8.89. The zero-order chi connectivity index (χ0) is 22.9. The van der Waals surface area contributed by atoms with Crippen LogP contribution in [0.1, 0.15) is 29.1 Å². The minimum absolute atomic E-state index is 0.189. The van der Waals surface area contributed by atoms with Gasteiger partial charge in [-0.3, -0.25) is 4.98 Å². The normalized spacial score (nSPS) is 17.8. The number of pyridine rings is 1. The third kappa shape index (κ3) is 4.08. The number of hydrogen-bond donors (Lipinski definition) is 1. The highest BCUT2D eigenvalue weighted by Gasteiger charge is 2.42. The van der Waals surface area contributed by atoms with Gasteiger partial charge in [0.05, 0.1) is 18.8 Å². The largest absolute Gasteiger partial charge is 0.497 e. The number of nitrogens with one attached hydrogen (secondary N) is 1. The molecule has 0 saturated carbocycles. The fourth-order valence-corrected chi connectivity index (χ4v) is 4.62. The van der Waals surface area contributed by atoms with Crippen LogP contribution in [-0.4, -0.2) is 17.2 Å². The predicted molar refractivity (Wildman–Crippen MR) is 135 cm³/mol. The molecule has 166 valence electrons. The fraction of sp³-hybridized carbons (Fsp3) is 0.154. The van der Waals surface area contributed by atoms with Crippen LogP contribution in [0.15, 0.2) is 83.4 Å². The van der Waals surface area contributed by atoms with Gasteiger partial charge in [0.15, 0.2) is 5.11 Å². The summed E-state index contributed by atoms with van der Waals surface area (Å²) in [6.07, 6.45) is 1.78. The molecular weight excluding hydrogens is 454 g/mol. The Balaban J connectivity index is 1.60. The highest BCUT2D eigenvalue weighted by atomic mass is 35.5. The first kappa shape index (κ1) is 21.5. The molecule has 0 unspecified atom stereocenters. The summed E-state index contributed by atoms with van der Waals surface area (Å²) in [5, 5.41) is 4.75. The molecule has 2 aromatic carbocycles. The van der Waals surface area contributed by atoms with Gasteiger partial charge in [0.25, 0.3) is 0 Å². The summed E-state index contributed by atoms with van der Waals surface area (Å²) in [5.74, 6) is 2.27. The van der Waals surface area contributed by atoms with Crippen molar-refractivity contribution < 1.29 is 9.15 Å². The van der Waals surface area contributed by atoms with E-state index in [0.717, 1.165) is 39.8 Å². The first-order chi connectivity index (χ1) is 16.0.